The molecule has 0 bridgehead atoms. The van der Waals surface area contributed by atoms with E-state index in [9.17, 15) is 0 Å². The van der Waals surface area contributed by atoms with Crippen LogP contribution in [0.4, 0.5) is 0 Å². The maximum Gasteiger partial charge on any atom is 0.191 e. The van der Waals surface area contributed by atoms with Gasteiger partial charge in [0.1, 0.15) is 0 Å². The molecule has 0 aromatic carbocycles. The number of hydrogen-bond acceptors (Lipinski definition) is 4. The van der Waals surface area contributed by atoms with Gasteiger partial charge in [-0.15, -0.1) is 11.3 Å². The van der Waals surface area contributed by atoms with Gasteiger partial charge in [0.2, 0.25) is 0 Å². The fourth-order valence-corrected chi connectivity index (χ4v) is 2.37. The van der Waals surface area contributed by atoms with E-state index in [1.165, 1.54) is 0 Å². The molecule has 1 aromatic heterocycles. The molecule has 1 fully saturated rings. The van der Waals surface area contributed by atoms with Crippen molar-refractivity contribution in [2.24, 2.45) is 10.7 Å². The van der Waals surface area contributed by atoms with Gasteiger partial charge in [-0.05, 0) is 6.42 Å². The minimum absolute atomic E-state index is 0.569. The summed E-state index contributed by atoms with van der Waals surface area (Å²) in [6.45, 7) is 5.78. The Kier molecular flexibility index (Phi) is 4.33. The third-order valence-electron chi connectivity index (χ3n) is 2.64. The largest absolute Gasteiger partial charge is 0.378 e. The first kappa shape index (κ1) is 12.3. The van der Waals surface area contributed by atoms with E-state index in [4.69, 9.17) is 10.5 Å². The Morgan fingerprint density at radius 2 is 2.35 bits per heavy atom. The molecular weight excluding hydrogens is 236 g/mol. The van der Waals surface area contributed by atoms with E-state index < -0.39 is 0 Å². The van der Waals surface area contributed by atoms with Gasteiger partial charge in [0, 0.05) is 18.5 Å². The van der Waals surface area contributed by atoms with Crippen LogP contribution in [0.5, 0.6) is 0 Å². The van der Waals surface area contributed by atoms with Crippen LogP contribution in [-0.4, -0.2) is 42.1 Å². The summed E-state index contributed by atoms with van der Waals surface area (Å²) in [6.07, 6.45) is 0.979. The van der Waals surface area contributed by atoms with Crippen molar-refractivity contribution in [2.75, 3.05) is 26.3 Å². The number of rotatable bonds is 3. The number of thiazole rings is 1. The molecule has 0 spiro atoms. The number of ether oxygens (including phenoxy) is 1. The lowest BCUT2D eigenvalue weighted by Crippen LogP contribution is -2.44. The molecule has 1 saturated heterocycles. The lowest BCUT2D eigenvalue weighted by molar-refractivity contribution is 0.0674. The van der Waals surface area contributed by atoms with Gasteiger partial charge in [-0.25, -0.2) is 9.98 Å². The molecular formula is C11H18N4OS. The Hall–Kier alpha value is -1.14. The Morgan fingerprint density at radius 3 is 3.00 bits per heavy atom. The number of aliphatic imine (C=N–C) groups is 1. The van der Waals surface area contributed by atoms with Gasteiger partial charge >= 0.3 is 0 Å². The van der Waals surface area contributed by atoms with Crippen molar-refractivity contribution in [3.05, 3.63) is 16.1 Å². The highest BCUT2D eigenvalue weighted by Crippen LogP contribution is 2.11. The molecule has 6 heteroatoms. The summed E-state index contributed by atoms with van der Waals surface area (Å²) >= 11 is 1.68. The number of guanidine groups is 1. The summed E-state index contributed by atoms with van der Waals surface area (Å²) in [5.74, 6) is 0.597. The maximum absolute atomic E-state index is 5.93. The van der Waals surface area contributed by atoms with Crippen LogP contribution in [0.25, 0.3) is 0 Å². The molecule has 0 saturated carbocycles. The first-order valence-corrected chi connectivity index (χ1v) is 6.73. The minimum Gasteiger partial charge on any atom is -0.378 e. The second-order valence-electron chi connectivity index (χ2n) is 3.86. The van der Waals surface area contributed by atoms with Crippen LogP contribution >= 0.6 is 11.3 Å². The molecule has 0 radical (unpaired) electrons. The summed E-state index contributed by atoms with van der Waals surface area (Å²) in [5.41, 5.74) is 6.93. The monoisotopic (exact) mass is 254 g/mol. The van der Waals surface area contributed by atoms with E-state index >= 15 is 0 Å². The zero-order valence-corrected chi connectivity index (χ0v) is 10.9. The average molecular weight is 254 g/mol. The van der Waals surface area contributed by atoms with Crippen molar-refractivity contribution in [3.8, 4) is 0 Å². The van der Waals surface area contributed by atoms with Crippen LogP contribution in [0, 0.1) is 0 Å². The molecule has 0 amide bonds. The van der Waals surface area contributed by atoms with E-state index in [1.54, 1.807) is 11.3 Å². The lowest BCUT2D eigenvalue weighted by atomic mass is 10.4. The quantitative estimate of drug-likeness (QED) is 0.641. The molecule has 17 heavy (non-hydrogen) atoms. The molecule has 0 aliphatic carbocycles. The Bertz CT molecular complexity index is 385. The van der Waals surface area contributed by atoms with Crippen LogP contribution in [0.2, 0.25) is 0 Å². The van der Waals surface area contributed by atoms with Crippen molar-refractivity contribution in [1.29, 1.82) is 0 Å². The van der Waals surface area contributed by atoms with Crippen LogP contribution < -0.4 is 5.73 Å². The molecule has 1 aliphatic heterocycles. The predicted octanol–water partition coefficient (Wildman–Crippen LogP) is 0.852. The summed E-state index contributed by atoms with van der Waals surface area (Å²) < 4.78 is 5.27. The van der Waals surface area contributed by atoms with E-state index in [2.05, 4.69) is 27.2 Å². The standard InChI is InChI=1S/C11H18N4OS/c1-2-10-14-9(8-17-10)7-13-11(12)15-3-5-16-6-4-15/h8H,2-7H2,1H3,(H2,12,13). The van der Waals surface area contributed by atoms with Crippen molar-refractivity contribution >= 4 is 17.3 Å². The minimum atomic E-state index is 0.569. The fraction of sp³-hybridized carbons (Fsp3) is 0.636. The molecule has 2 N–H and O–H groups in total. The van der Waals surface area contributed by atoms with Crippen molar-refractivity contribution in [2.45, 2.75) is 19.9 Å². The van der Waals surface area contributed by atoms with Gasteiger partial charge in [-0.1, -0.05) is 6.92 Å². The van der Waals surface area contributed by atoms with Crippen LogP contribution in [0.15, 0.2) is 10.4 Å². The molecule has 2 rings (SSSR count). The first-order chi connectivity index (χ1) is 8.29. The van der Waals surface area contributed by atoms with Gasteiger partial charge in [-0.2, -0.15) is 0 Å². The molecule has 2 heterocycles. The fourth-order valence-electron chi connectivity index (χ4n) is 1.64. The number of hydrogen-bond donors (Lipinski definition) is 1. The predicted molar refractivity (Wildman–Crippen MR) is 69.2 cm³/mol. The van der Waals surface area contributed by atoms with Crippen molar-refractivity contribution in [1.82, 2.24) is 9.88 Å². The van der Waals surface area contributed by atoms with Gasteiger partial charge in [0.05, 0.1) is 30.5 Å². The summed E-state index contributed by atoms with van der Waals surface area (Å²) in [7, 11) is 0. The highest BCUT2D eigenvalue weighted by molar-refractivity contribution is 7.09. The third kappa shape index (κ3) is 3.41. The number of morpholine rings is 1. The summed E-state index contributed by atoms with van der Waals surface area (Å²) in [5, 5.41) is 3.20. The molecule has 94 valence electrons. The van der Waals surface area contributed by atoms with Crippen molar-refractivity contribution in [3.63, 3.8) is 0 Å². The van der Waals surface area contributed by atoms with Crippen LogP contribution in [0.3, 0.4) is 0 Å². The van der Waals surface area contributed by atoms with E-state index in [-0.39, 0.29) is 0 Å². The van der Waals surface area contributed by atoms with Gasteiger partial charge in [0.15, 0.2) is 5.96 Å². The van der Waals surface area contributed by atoms with Gasteiger partial charge < -0.3 is 15.4 Å². The second kappa shape index (κ2) is 5.97. The molecule has 0 atom stereocenters. The molecule has 0 unspecified atom stereocenters. The molecule has 1 aromatic rings. The summed E-state index contributed by atoms with van der Waals surface area (Å²) in [4.78, 5) is 10.9. The van der Waals surface area contributed by atoms with Crippen LogP contribution in [-0.2, 0) is 17.7 Å². The van der Waals surface area contributed by atoms with Crippen LogP contribution in [0.1, 0.15) is 17.6 Å². The maximum atomic E-state index is 5.93. The Labute approximate surface area is 105 Å². The van der Waals surface area contributed by atoms with Crippen molar-refractivity contribution < 1.29 is 4.74 Å². The normalized spacial score (nSPS) is 17.5. The Morgan fingerprint density at radius 1 is 1.59 bits per heavy atom. The van der Waals surface area contributed by atoms with E-state index in [1.807, 2.05) is 0 Å². The van der Waals surface area contributed by atoms with E-state index in [0.29, 0.717) is 12.5 Å². The highest BCUT2D eigenvalue weighted by Gasteiger charge is 2.12. The van der Waals surface area contributed by atoms with Gasteiger partial charge in [-0.3, -0.25) is 0 Å². The number of nitrogens with two attached hydrogens (primary N) is 1. The highest BCUT2D eigenvalue weighted by atomic mass is 32.1. The SMILES string of the molecule is CCc1nc(CN=C(N)N2CCOCC2)cs1. The van der Waals surface area contributed by atoms with Gasteiger partial charge in [0.25, 0.3) is 0 Å². The van der Waals surface area contributed by atoms with E-state index in [0.717, 1.165) is 43.4 Å². The lowest BCUT2D eigenvalue weighted by Gasteiger charge is -2.27. The average Bonchev–Trinajstić information content (AvgIpc) is 2.85. The second-order valence-corrected chi connectivity index (χ2v) is 4.80. The number of nitrogens with zero attached hydrogens (tertiary/aromatic N) is 3. The first-order valence-electron chi connectivity index (χ1n) is 5.85. The zero-order valence-electron chi connectivity index (χ0n) is 10.1. The molecule has 1 aliphatic rings. The summed E-state index contributed by atoms with van der Waals surface area (Å²) in [6, 6.07) is 0. The third-order valence-corrected chi connectivity index (χ3v) is 3.68. The number of aromatic nitrogens is 1. The topological polar surface area (TPSA) is 63.7 Å². The zero-order chi connectivity index (χ0) is 12.1. The Balaban J connectivity index is 1.90. The number of aryl methyl sites for hydroxylation is 1. The smallest absolute Gasteiger partial charge is 0.191 e. The molecule has 5 nitrogen and oxygen atoms in total.